The SMILES string of the molecule is [C-]#[N+]C1CC(Oc2cc(C)cc(C)c2)C1. The molecule has 2 rings (SSSR count). The molecule has 0 radical (unpaired) electrons. The Bertz CT molecular complexity index is 379. The fourth-order valence-electron chi connectivity index (χ4n) is 1.93. The summed E-state index contributed by atoms with van der Waals surface area (Å²) < 4.78 is 5.80. The number of aryl methyl sites for hydroxylation is 2. The van der Waals surface area contributed by atoms with Crippen LogP contribution in [0.1, 0.15) is 24.0 Å². The molecule has 0 amide bonds. The van der Waals surface area contributed by atoms with Crippen LogP contribution >= 0.6 is 0 Å². The van der Waals surface area contributed by atoms with Crippen LogP contribution in [0, 0.1) is 20.4 Å². The van der Waals surface area contributed by atoms with Gasteiger partial charge in [-0.3, -0.25) is 0 Å². The predicted molar refractivity (Wildman–Crippen MR) is 60.0 cm³/mol. The van der Waals surface area contributed by atoms with Crippen LogP contribution in [0.4, 0.5) is 0 Å². The minimum absolute atomic E-state index is 0.195. The summed E-state index contributed by atoms with van der Waals surface area (Å²) in [6.07, 6.45) is 2.03. The van der Waals surface area contributed by atoms with Crippen LogP contribution in [0.5, 0.6) is 5.75 Å². The average Bonchev–Trinajstić information content (AvgIpc) is 2.08. The Kier molecular flexibility index (Phi) is 2.64. The van der Waals surface area contributed by atoms with Crippen LogP contribution in [0.2, 0.25) is 0 Å². The van der Waals surface area contributed by atoms with E-state index < -0.39 is 0 Å². The summed E-state index contributed by atoms with van der Waals surface area (Å²) in [5, 5.41) is 0. The monoisotopic (exact) mass is 201 g/mol. The number of nitrogens with zero attached hydrogens (tertiary/aromatic N) is 1. The van der Waals surface area contributed by atoms with Gasteiger partial charge in [0.15, 0.2) is 0 Å². The highest BCUT2D eigenvalue weighted by atomic mass is 16.5. The first kappa shape index (κ1) is 10.0. The Morgan fingerprint density at radius 2 is 1.80 bits per heavy atom. The Labute approximate surface area is 90.7 Å². The van der Waals surface area contributed by atoms with Crippen molar-refractivity contribution in [2.45, 2.75) is 38.8 Å². The number of benzene rings is 1. The summed E-state index contributed by atoms with van der Waals surface area (Å²) in [4.78, 5) is 3.49. The Morgan fingerprint density at radius 3 is 2.33 bits per heavy atom. The summed E-state index contributed by atoms with van der Waals surface area (Å²) in [5.41, 5.74) is 2.46. The first-order valence-corrected chi connectivity index (χ1v) is 5.29. The van der Waals surface area contributed by atoms with Crippen molar-refractivity contribution in [1.29, 1.82) is 0 Å². The number of ether oxygens (including phenoxy) is 1. The molecule has 1 saturated carbocycles. The lowest BCUT2D eigenvalue weighted by Crippen LogP contribution is -2.35. The molecule has 0 aliphatic heterocycles. The molecule has 2 heteroatoms. The third kappa shape index (κ3) is 2.30. The van der Waals surface area contributed by atoms with E-state index in [9.17, 15) is 0 Å². The van der Waals surface area contributed by atoms with E-state index >= 15 is 0 Å². The maximum Gasteiger partial charge on any atom is 0.230 e. The molecule has 0 saturated heterocycles. The molecular weight excluding hydrogens is 186 g/mol. The molecule has 0 bridgehead atoms. The second-order valence-corrected chi connectivity index (χ2v) is 4.32. The molecule has 78 valence electrons. The number of hydrogen-bond acceptors (Lipinski definition) is 1. The fourth-order valence-corrected chi connectivity index (χ4v) is 1.93. The fraction of sp³-hybridized carbons (Fsp3) is 0.462. The number of rotatable bonds is 2. The highest BCUT2D eigenvalue weighted by Crippen LogP contribution is 2.29. The van der Waals surface area contributed by atoms with Gasteiger partial charge in [0.1, 0.15) is 11.9 Å². The Balaban J connectivity index is 1.98. The Morgan fingerprint density at radius 1 is 1.20 bits per heavy atom. The van der Waals surface area contributed by atoms with Crippen LogP contribution in [-0.2, 0) is 0 Å². The molecule has 0 spiro atoms. The zero-order valence-corrected chi connectivity index (χ0v) is 9.16. The predicted octanol–water partition coefficient (Wildman–Crippen LogP) is 3.13. The standard InChI is InChI=1S/C13H15NO/c1-9-4-10(2)6-12(5-9)15-13-7-11(8-13)14-3/h4-6,11,13H,7-8H2,1-2H3. The van der Waals surface area contributed by atoms with Crippen molar-refractivity contribution in [3.8, 4) is 5.75 Å². The molecule has 0 N–H and O–H groups in total. The maximum absolute atomic E-state index is 6.87. The summed E-state index contributed by atoms with van der Waals surface area (Å²) >= 11 is 0. The van der Waals surface area contributed by atoms with Gasteiger partial charge in [-0.25, -0.2) is 6.57 Å². The quantitative estimate of drug-likeness (QED) is 0.670. The average molecular weight is 201 g/mol. The molecule has 1 fully saturated rings. The second-order valence-electron chi connectivity index (χ2n) is 4.32. The molecule has 0 heterocycles. The molecule has 1 aliphatic rings. The zero-order chi connectivity index (χ0) is 10.8. The van der Waals surface area contributed by atoms with Crippen LogP contribution in [0.15, 0.2) is 18.2 Å². The van der Waals surface area contributed by atoms with E-state index in [0.29, 0.717) is 0 Å². The third-order valence-corrected chi connectivity index (χ3v) is 2.75. The van der Waals surface area contributed by atoms with Gasteiger partial charge in [0.25, 0.3) is 0 Å². The minimum Gasteiger partial charge on any atom is -0.490 e. The van der Waals surface area contributed by atoms with Crippen molar-refractivity contribution >= 4 is 0 Å². The normalized spacial score (nSPS) is 24.1. The van der Waals surface area contributed by atoms with E-state index in [4.69, 9.17) is 11.3 Å². The van der Waals surface area contributed by atoms with Gasteiger partial charge < -0.3 is 9.58 Å². The van der Waals surface area contributed by atoms with Crippen LogP contribution in [0.3, 0.4) is 0 Å². The van der Waals surface area contributed by atoms with Gasteiger partial charge in [-0.15, -0.1) is 0 Å². The molecular formula is C13H15NO. The van der Waals surface area contributed by atoms with Gasteiger partial charge >= 0.3 is 0 Å². The van der Waals surface area contributed by atoms with E-state index in [1.54, 1.807) is 0 Å². The molecule has 15 heavy (non-hydrogen) atoms. The van der Waals surface area contributed by atoms with Crippen LogP contribution < -0.4 is 4.74 Å². The van der Waals surface area contributed by atoms with Gasteiger partial charge in [-0.2, -0.15) is 0 Å². The highest BCUT2D eigenvalue weighted by Gasteiger charge is 2.35. The molecule has 1 aromatic rings. The molecule has 1 aliphatic carbocycles. The Hall–Kier alpha value is -1.49. The zero-order valence-electron chi connectivity index (χ0n) is 9.16. The van der Waals surface area contributed by atoms with Gasteiger partial charge in [0, 0.05) is 0 Å². The van der Waals surface area contributed by atoms with Gasteiger partial charge in [-0.1, -0.05) is 6.07 Å². The summed E-state index contributed by atoms with van der Waals surface area (Å²) in [5.74, 6) is 0.945. The molecule has 0 aromatic heterocycles. The third-order valence-electron chi connectivity index (χ3n) is 2.75. The summed E-state index contributed by atoms with van der Waals surface area (Å²) in [6, 6.07) is 6.44. The van der Waals surface area contributed by atoms with Crippen molar-refractivity contribution in [2.24, 2.45) is 0 Å². The van der Waals surface area contributed by atoms with E-state index in [1.807, 2.05) is 0 Å². The van der Waals surface area contributed by atoms with E-state index in [-0.39, 0.29) is 12.1 Å². The second kappa shape index (κ2) is 3.94. The number of hydrogen-bond donors (Lipinski definition) is 0. The topological polar surface area (TPSA) is 13.6 Å². The molecule has 1 aromatic carbocycles. The van der Waals surface area contributed by atoms with Crippen molar-refractivity contribution in [3.63, 3.8) is 0 Å². The van der Waals surface area contributed by atoms with Crippen molar-refractivity contribution in [2.75, 3.05) is 0 Å². The summed E-state index contributed by atoms with van der Waals surface area (Å²) in [6.45, 7) is 11.0. The highest BCUT2D eigenvalue weighted by molar-refractivity contribution is 5.33. The molecule has 0 atom stereocenters. The van der Waals surface area contributed by atoms with Crippen molar-refractivity contribution in [1.82, 2.24) is 0 Å². The summed E-state index contributed by atoms with van der Waals surface area (Å²) in [7, 11) is 0. The maximum atomic E-state index is 6.87. The van der Waals surface area contributed by atoms with Crippen molar-refractivity contribution < 1.29 is 4.74 Å². The van der Waals surface area contributed by atoms with Crippen molar-refractivity contribution in [3.05, 3.63) is 40.7 Å². The van der Waals surface area contributed by atoms with Gasteiger partial charge in [0.05, 0.1) is 12.8 Å². The molecule has 0 unspecified atom stereocenters. The van der Waals surface area contributed by atoms with Crippen LogP contribution in [0.25, 0.3) is 4.85 Å². The van der Waals surface area contributed by atoms with E-state index in [1.165, 1.54) is 11.1 Å². The van der Waals surface area contributed by atoms with Crippen LogP contribution in [-0.4, -0.2) is 12.1 Å². The minimum atomic E-state index is 0.195. The first-order valence-electron chi connectivity index (χ1n) is 5.29. The largest absolute Gasteiger partial charge is 0.490 e. The lowest BCUT2D eigenvalue weighted by Gasteiger charge is -2.27. The smallest absolute Gasteiger partial charge is 0.230 e. The van der Waals surface area contributed by atoms with E-state index in [2.05, 4.69) is 36.9 Å². The lowest BCUT2D eigenvalue weighted by atomic mass is 9.90. The van der Waals surface area contributed by atoms with Gasteiger partial charge in [-0.05, 0) is 37.1 Å². The first-order chi connectivity index (χ1) is 7.17. The van der Waals surface area contributed by atoms with Gasteiger partial charge in [0.2, 0.25) is 6.04 Å². The lowest BCUT2D eigenvalue weighted by molar-refractivity contribution is 0.113. The van der Waals surface area contributed by atoms with E-state index in [0.717, 1.165) is 18.6 Å². The molecule has 2 nitrogen and oxygen atoms in total.